The van der Waals surface area contributed by atoms with Crippen LogP contribution in [-0.2, 0) is 9.47 Å². The van der Waals surface area contributed by atoms with E-state index in [-0.39, 0.29) is 18.1 Å². The van der Waals surface area contributed by atoms with Gasteiger partial charge in [0.2, 0.25) is 0 Å². The van der Waals surface area contributed by atoms with Gasteiger partial charge in [0.15, 0.2) is 0 Å². The molecule has 2 heterocycles. The van der Waals surface area contributed by atoms with Gasteiger partial charge in [-0.2, -0.15) is 0 Å². The van der Waals surface area contributed by atoms with E-state index in [1.165, 1.54) is 5.57 Å². The summed E-state index contributed by atoms with van der Waals surface area (Å²) in [4.78, 5) is 16.1. The van der Waals surface area contributed by atoms with Crippen LogP contribution in [0.3, 0.4) is 0 Å². The zero-order valence-corrected chi connectivity index (χ0v) is 16.4. The molecule has 1 aliphatic rings. The summed E-state index contributed by atoms with van der Waals surface area (Å²) in [6.45, 7) is 7.67. The molecule has 1 aromatic carbocycles. The van der Waals surface area contributed by atoms with Gasteiger partial charge in [0.25, 0.3) is 5.91 Å². The minimum absolute atomic E-state index is 0.0527. The maximum Gasteiger partial charge on any atom is 0.268 e. The van der Waals surface area contributed by atoms with Crippen LogP contribution in [0.2, 0.25) is 0 Å². The highest BCUT2D eigenvalue weighted by Gasteiger charge is 2.29. The third-order valence-electron chi connectivity index (χ3n) is 4.90. The van der Waals surface area contributed by atoms with Gasteiger partial charge < -0.3 is 24.5 Å². The number of ether oxygens (including phenoxy) is 3. The fraction of sp³-hybridized carbons (Fsp3) is 0.476. The number of fused-ring (bicyclic) bond motifs is 1. The van der Waals surface area contributed by atoms with Crippen LogP contribution in [0.1, 0.15) is 36.3 Å². The molecule has 1 saturated heterocycles. The van der Waals surface area contributed by atoms with Crippen LogP contribution in [0.15, 0.2) is 29.8 Å². The lowest BCUT2D eigenvalue weighted by molar-refractivity contribution is -0.0457. The van der Waals surface area contributed by atoms with Crippen molar-refractivity contribution in [3.63, 3.8) is 0 Å². The largest absolute Gasteiger partial charge is 0.497 e. The zero-order chi connectivity index (χ0) is 19.4. The van der Waals surface area contributed by atoms with Crippen molar-refractivity contribution in [3.8, 4) is 5.75 Å². The normalized spacial score (nSPS) is 19.7. The summed E-state index contributed by atoms with van der Waals surface area (Å²) >= 11 is 0. The van der Waals surface area contributed by atoms with Crippen molar-refractivity contribution in [1.82, 2.24) is 10.3 Å². The Labute approximate surface area is 159 Å². The van der Waals surface area contributed by atoms with Gasteiger partial charge in [-0.15, -0.1) is 0 Å². The van der Waals surface area contributed by atoms with Crippen LogP contribution < -0.4 is 10.1 Å². The number of hydrogen-bond acceptors (Lipinski definition) is 4. The van der Waals surface area contributed by atoms with Crippen LogP contribution in [-0.4, -0.2) is 50.0 Å². The molecule has 1 amide bonds. The Kier molecular flexibility index (Phi) is 6.19. The van der Waals surface area contributed by atoms with Gasteiger partial charge in [0.1, 0.15) is 11.4 Å². The number of hydrogen-bond donors (Lipinski definition) is 2. The van der Waals surface area contributed by atoms with Crippen molar-refractivity contribution in [2.75, 3.05) is 26.9 Å². The monoisotopic (exact) mass is 372 g/mol. The van der Waals surface area contributed by atoms with Crippen LogP contribution in [0.5, 0.6) is 5.75 Å². The van der Waals surface area contributed by atoms with Crippen molar-refractivity contribution in [2.24, 2.45) is 0 Å². The summed E-state index contributed by atoms with van der Waals surface area (Å²) in [5, 5.41) is 4.06. The van der Waals surface area contributed by atoms with Crippen molar-refractivity contribution < 1.29 is 19.0 Å². The standard InChI is InChI=1S/C21H28N2O4/c1-13(2)7-10-27-19-8-9-26-12-18(19)23-21(24)20-14(3)16-11-15(25-4)5-6-17(16)22-20/h5-7,11,18-19,22H,8-10,12H2,1-4H3,(H,23,24)/t18-,19+/m1/s1. The number of methoxy groups -OCH3 is 1. The van der Waals surface area contributed by atoms with E-state index < -0.39 is 0 Å². The average Bonchev–Trinajstić information content (AvgIpc) is 2.99. The molecule has 0 spiro atoms. The summed E-state index contributed by atoms with van der Waals surface area (Å²) in [6.07, 6.45) is 2.76. The molecule has 2 atom stereocenters. The first-order chi connectivity index (χ1) is 13.0. The Hall–Kier alpha value is -2.31. The minimum atomic E-state index is -0.169. The number of amides is 1. The molecule has 0 bridgehead atoms. The van der Waals surface area contributed by atoms with Gasteiger partial charge in [0, 0.05) is 17.5 Å². The highest BCUT2D eigenvalue weighted by Crippen LogP contribution is 2.26. The second-order valence-electron chi connectivity index (χ2n) is 7.13. The van der Waals surface area contributed by atoms with E-state index in [1.807, 2.05) is 45.0 Å². The molecule has 0 aliphatic carbocycles. The summed E-state index contributed by atoms with van der Waals surface area (Å²) < 4.78 is 16.8. The number of allylic oxidation sites excluding steroid dienone is 1. The molecule has 6 heteroatoms. The van der Waals surface area contributed by atoms with Crippen molar-refractivity contribution in [3.05, 3.63) is 41.1 Å². The van der Waals surface area contributed by atoms with Crippen LogP contribution in [0.4, 0.5) is 0 Å². The third-order valence-corrected chi connectivity index (χ3v) is 4.90. The topological polar surface area (TPSA) is 72.6 Å². The van der Waals surface area contributed by atoms with Gasteiger partial charge in [-0.1, -0.05) is 11.6 Å². The minimum Gasteiger partial charge on any atom is -0.497 e. The molecule has 1 aliphatic heterocycles. The number of carbonyl (C=O) groups excluding carboxylic acids is 1. The van der Waals surface area contributed by atoms with E-state index in [1.54, 1.807) is 7.11 Å². The number of carbonyl (C=O) groups is 1. The Morgan fingerprint density at radius 1 is 1.41 bits per heavy atom. The SMILES string of the molecule is COc1ccc2[nH]c(C(=O)N[C@@H]3COCC[C@@H]3OCC=C(C)C)c(C)c2c1. The molecule has 0 saturated carbocycles. The first kappa shape index (κ1) is 19.5. The van der Waals surface area contributed by atoms with E-state index in [0.29, 0.717) is 25.5 Å². The second kappa shape index (κ2) is 8.59. The molecule has 2 aromatic rings. The van der Waals surface area contributed by atoms with Crippen molar-refractivity contribution in [2.45, 2.75) is 39.3 Å². The number of H-pyrrole nitrogens is 1. The smallest absolute Gasteiger partial charge is 0.268 e. The predicted octanol–water partition coefficient (Wildman–Crippen LogP) is 3.36. The highest BCUT2D eigenvalue weighted by atomic mass is 16.5. The predicted molar refractivity (Wildman–Crippen MR) is 105 cm³/mol. The highest BCUT2D eigenvalue weighted by molar-refractivity contribution is 6.01. The molecule has 1 aromatic heterocycles. The molecule has 3 rings (SSSR count). The van der Waals surface area contributed by atoms with E-state index in [9.17, 15) is 4.79 Å². The zero-order valence-electron chi connectivity index (χ0n) is 16.4. The Bertz CT molecular complexity index is 836. The van der Waals surface area contributed by atoms with E-state index >= 15 is 0 Å². The Morgan fingerprint density at radius 3 is 2.96 bits per heavy atom. The summed E-state index contributed by atoms with van der Waals surface area (Å²) in [5.41, 5.74) is 3.59. The van der Waals surface area contributed by atoms with Crippen LogP contribution in [0.25, 0.3) is 10.9 Å². The summed E-state index contributed by atoms with van der Waals surface area (Å²) in [7, 11) is 1.63. The maximum absolute atomic E-state index is 12.9. The van der Waals surface area contributed by atoms with Crippen molar-refractivity contribution in [1.29, 1.82) is 0 Å². The second-order valence-corrected chi connectivity index (χ2v) is 7.13. The first-order valence-corrected chi connectivity index (χ1v) is 9.29. The lowest BCUT2D eigenvalue weighted by Gasteiger charge is -2.31. The number of benzene rings is 1. The molecule has 0 unspecified atom stereocenters. The molecule has 27 heavy (non-hydrogen) atoms. The van der Waals surface area contributed by atoms with Crippen LogP contribution in [0, 0.1) is 6.92 Å². The molecular weight excluding hydrogens is 344 g/mol. The molecular formula is C21H28N2O4. The Balaban J connectivity index is 1.74. The van der Waals surface area contributed by atoms with E-state index in [2.05, 4.69) is 10.3 Å². The average molecular weight is 372 g/mol. The van der Waals surface area contributed by atoms with Gasteiger partial charge in [-0.3, -0.25) is 4.79 Å². The van der Waals surface area contributed by atoms with E-state index in [4.69, 9.17) is 14.2 Å². The van der Waals surface area contributed by atoms with E-state index in [0.717, 1.165) is 28.6 Å². The molecule has 6 nitrogen and oxygen atoms in total. The number of nitrogens with one attached hydrogen (secondary N) is 2. The molecule has 0 radical (unpaired) electrons. The van der Waals surface area contributed by atoms with Gasteiger partial charge in [0.05, 0.1) is 32.5 Å². The van der Waals surface area contributed by atoms with Gasteiger partial charge in [-0.25, -0.2) is 0 Å². The molecule has 1 fully saturated rings. The number of aromatic nitrogens is 1. The number of aromatic amines is 1. The van der Waals surface area contributed by atoms with Crippen LogP contribution >= 0.6 is 0 Å². The molecule has 2 N–H and O–H groups in total. The lowest BCUT2D eigenvalue weighted by Crippen LogP contribution is -2.50. The number of rotatable bonds is 6. The fourth-order valence-electron chi connectivity index (χ4n) is 3.29. The third kappa shape index (κ3) is 4.51. The number of aryl methyl sites for hydroxylation is 1. The Morgan fingerprint density at radius 2 is 2.22 bits per heavy atom. The quantitative estimate of drug-likeness (QED) is 0.763. The summed E-state index contributed by atoms with van der Waals surface area (Å²) in [6, 6.07) is 5.57. The fourth-order valence-corrected chi connectivity index (χ4v) is 3.29. The first-order valence-electron chi connectivity index (χ1n) is 9.29. The summed E-state index contributed by atoms with van der Waals surface area (Å²) in [5.74, 6) is 0.624. The van der Waals surface area contributed by atoms with Crippen molar-refractivity contribution >= 4 is 16.8 Å². The lowest BCUT2D eigenvalue weighted by atomic mass is 10.1. The molecule has 146 valence electrons. The van der Waals surface area contributed by atoms with Gasteiger partial charge >= 0.3 is 0 Å². The van der Waals surface area contributed by atoms with Gasteiger partial charge in [-0.05, 0) is 51.0 Å². The maximum atomic E-state index is 12.9.